The van der Waals surface area contributed by atoms with Crippen LogP contribution in [0.1, 0.15) is 36.9 Å². The van der Waals surface area contributed by atoms with Gasteiger partial charge in [-0.15, -0.1) is 0 Å². The summed E-state index contributed by atoms with van der Waals surface area (Å²) >= 11 is 0. The van der Waals surface area contributed by atoms with Crippen LogP contribution < -0.4 is 14.8 Å². The van der Waals surface area contributed by atoms with Gasteiger partial charge in [0.1, 0.15) is 11.5 Å². The molecule has 1 unspecified atom stereocenters. The van der Waals surface area contributed by atoms with Crippen LogP contribution in [0.4, 0.5) is 0 Å². The Morgan fingerprint density at radius 3 is 2.54 bits per heavy atom. The lowest BCUT2D eigenvalue weighted by atomic mass is 10.0. The number of methoxy groups -OCH3 is 1. The Balaban J connectivity index is 1.56. The normalized spacial score (nSPS) is 15.2. The standard InChI is InChI=1S/C23H30N2O3/c1-3-18-9-11-20(12-10-18)28-17-23(26)24-16-22(25-13-4-5-14-25)19-7-6-8-21(15-19)27-2/h6-12,15,22H,3-5,13-14,16-17H2,1-2H3,(H,24,26). The van der Waals surface area contributed by atoms with Crippen molar-refractivity contribution >= 4 is 5.91 Å². The maximum Gasteiger partial charge on any atom is 0.258 e. The second-order valence-electron chi connectivity index (χ2n) is 7.13. The van der Waals surface area contributed by atoms with Crippen molar-refractivity contribution in [2.24, 2.45) is 0 Å². The van der Waals surface area contributed by atoms with Crippen LogP contribution in [-0.4, -0.2) is 44.2 Å². The number of rotatable bonds is 9. The van der Waals surface area contributed by atoms with Crippen molar-refractivity contribution in [3.8, 4) is 11.5 Å². The number of carbonyl (C=O) groups is 1. The van der Waals surface area contributed by atoms with Crippen LogP contribution >= 0.6 is 0 Å². The Morgan fingerprint density at radius 1 is 1.11 bits per heavy atom. The van der Waals surface area contributed by atoms with Crippen molar-refractivity contribution in [1.82, 2.24) is 10.2 Å². The minimum absolute atomic E-state index is 0.0241. The number of hydrogen-bond acceptors (Lipinski definition) is 4. The number of hydrogen-bond donors (Lipinski definition) is 1. The molecule has 0 radical (unpaired) electrons. The van der Waals surface area contributed by atoms with Gasteiger partial charge in [0, 0.05) is 6.54 Å². The number of ether oxygens (including phenoxy) is 2. The quantitative estimate of drug-likeness (QED) is 0.720. The molecule has 0 bridgehead atoms. The van der Waals surface area contributed by atoms with Crippen LogP contribution in [0.25, 0.3) is 0 Å². The van der Waals surface area contributed by atoms with Crippen LogP contribution in [0.2, 0.25) is 0 Å². The van der Waals surface area contributed by atoms with Crippen LogP contribution in [0.15, 0.2) is 48.5 Å². The van der Waals surface area contributed by atoms with Gasteiger partial charge in [-0.1, -0.05) is 31.2 Å². The zero-order valence-electron chi connectivity index (χ0n) is 16.8. The molecule has 0 saturated carbocycles. The Bertz CT molecular complexity index is 755. The summed E-state index contributed by atoms with van der Waals surface area (Å²) in [5.74, 6) is 1.45. The summed E-state index contributed by atoms with van der Waals surface area (Å²) in [6, 6.07) is 16.1. The number of aryl methyl sites for hydroxylation is 1. The predicted molar refractivity (Wildman–Crippen MR) is 111 cm³/mol. The molecule has 5 nitrogen and oxygen atoms in total. The Morgan fingerprint density at radius 2 is 1.86 bits per heavy atom. The number of nitrogens with zero attached hydrogens (tertiary/aromatic N) is 1. The predicted octanol–water partition coefficient (Wildman–Crippen LogP) is 3.59. The highest BCUT2D eigenvalue weighted by Gasteiger charge is 2.24. The zero-order chi connectivity index (χ0) is 19.8. The summed E-state index contributed by atoms with van der Waals surface area (Å²) in [6.07, 6.45) is 3.39. The van der Waals surface area contributed by atoms with Crippen molar-refractivity contribution in [3.63, 3.8) is 0 Å². The maximum absolute atomic E-state index is 12.3. The van der Waals surface area contributed by atoms with Crippen molar-refractivity contribution in [1.29, 1.82) is 0 Å². The molecule has 0 spiro atoms. The third-order valence-electron chi connectivity index (χ3n) is 5.25. The van der Waals surface area contributed by atoms with E-state index in [9.17, 15) is 4.79 Å². The average Bonchev–Trinajstić information content (AvgIpc) is 3.27. The van der Waals surface area contributed by atoms with E-state index < -0.39 is 0 Å². The number of amides is 1. The molecule has 1 fully saturated rings. The molecule has 150 valence electrons. The van der Waals surface area contributed by atoms with E-state index in [4.69, 9.17) is 9.47 Å². The summed E-state index contributed by atoms with van der Waals surface area (Å²) in [7, 11) is 1.68. The summed E-state index contributed by atoms with van der Waals surface area (Å²) in [6.45, 7) is 4.80. The first-order valence-electron chi connectivity index (χ1n) is 10.1. The SMILES string of the molecule is CCc1ccc(OCC(=O)NCC(c2cccc(OC)c2)N2CCCC2)cc1. The number of benzene rings is 2. The van der Waals surface area contributed by atoms with E-state index >= 15 is 0 Å². The molecule has 2 aromatic rings. The lowest BCUT2D eigenvalue weighted by Crippen LogP contribution is -2.38. The van der Waals surface area contributed by atoms with E-state index in [1.807, 2.05) is 36.4 Å². The minimum atomic E-state index is -0.105. The largest absolute Gasteiger partial charge is 0.497 e. The average molecular weight is 383 g/mol. The van der Waals surface area contributed by atoms with Crippen LogP contribution in [0.5, 0.6) is 11.5 Å². The molecule has 0 aromatic heterocycles. The summed E-state index contributed by atoms with van der Waals surface area (Å²) in [4.78, 5) is 14.8. The fourth-order valence-corrected chi connectivity index (χ4v) is 3.59. The molecule has 28 heavy (non-hydrogen) atoms. The van der Waals surface area contributed by atoms with Gasteiger partial charge in [-0.3, -0.25) is 9.69 Å². The molecule has 1 aliphatic rings. The second-order valence-corrected chi connectivity index (χ2v) is 7.13. The first-order chi connectivity index (χ1) is 13.7. The fraction of sp³-hybridized carbons (Fsp3) is 0.435. The van der Waals surface area contributed by atoms with Gasteiger partial charge in [-0.2, -0.15) is 0 Å². The number of carbonyl (C=O) groups excluding carboxylic acids is 1. The molecule has 0 aliphatic carbocycles. The van der Waals surface area contributed by atoms with E-state index in [0.717, 1.165) is 36.6 Å². The van der Waals surface area contributed by atoms with Gasteiger partial charge in [0.05, 0.1) is 13.2 Å². The van der Waals surface area contributed by atoms with Gasteiger partial charge >= 0.3 is 0 Å². The van der Waals surface area contributed by atoms with E-state index in [2.05, 4.69) is 29.3 Å². The van der Waals surface area contributed by atoms with Crippen molar-refractivity contribution in [2.45, 2.75) is 32.2 Å². The Hall–Kier alpha value is -2.53. The van der Waals surface area contributed by atoms with Crippen LogP contribution in [0, 0.1) is 0 Å². The zero-order valence-corrected chi connectivity index (χ0v) is 16.8. The first-order valence-corrected chi connectivity index (χ1v) is 10.1. The first kappa shape index (κ1) is 20.2. The van der Waals surface area contributed by atoms with Gasteiger partial charge in [0.2, 0.25) is 0 Å². The second kappa shape index (κ2) is 10.1. The molecule has 1 atom stereocenters. The van der Waals surface area contributed by atoms with E-state index in [0.29, 0.717) is 6.54 Å². The smallest absolute Gasteiger partial charge is 0.258 e. The fourth-order valence-electron chi connectivity index (χ4n) is 3.59. The molecule has 5 heteroatoms. The minimum Gasteiger partial charge on any atom is -0.497 e. The molecule has 1 amide bonds. The third kappa shape index (κ3) is 5.49. The summed E-state index contributed by atoms with van der Waals surface area (Å²) in [5.41, 5.74) is 2.42. The summed E-state index contributed by atoms with van der Waals surface area (Å²) < 4.78 is 11.0. The summed E-state index contributed by atoms with van der Waals surface area (Å²) in [5, 5.41) is 3.04. The highest BCUT2D eigenvalue weighted by atomic mass is 16.5. The van der Waals surface area contributed by atoms with Gasteiger partial charge < -0.3 is 14.8 Å². The molecule has 2 aromatic carbocycles. The lowest BCUT2D eigenvalue weighted by Gasteiger charge is -2.28. The van der Waals surface area contributed by atoms with Gasteiger partial charge in [-0.05, 0) is 67.7 Å². The van der Waals surface area contributed by atoms with Crippen LogP contribution in [-0.2, 0) is 11.2 Å². The maximum atomic E-state index is 12.3. The molecular formula is C23H30N2O3. The number of nitrogens with one attached hydrogen (secondary N) is 1. The van der Waals surface area contributed by atoms with Gasteiger partial charge in [0.25, 0.3) is 5.91 Å². The molecular weight excluding hydrogens is 352 g/mol. The highest BCUT2D eigenvalue weighted by Crippen LogP contribution is 2.27. The van der Waals surface area contributed by atoms with Crippen LogP contribution in [0.3, 0.4) is 0 Å². The lowest BCUT2D eigenvalue weighted by molar-refractivity contribution is -0.123. The van der Waals surface area contributed by atoms with Gasteiger partial charge in [0.15, 0.2) is 6.61 Å². The van der Waals surface area contributed by atoms with Crippen molar-refractivity contribution < 1.29 is 14.3 Å². The molecule has 1 heterocycles. The third-order valence-corrected chi connectivity index (χ3v) is 5.25. The van der Waals surface area contributed by atoms with E-state index in [1.54, 1.807) is 7.11 Å². The molecule has 1 saturated heterocycles. The topological polar surface area (TPSA) is 50.8 Å². The Labute approximate surface area is 167 Å². The van der Waals surface area contributed by atoms with E-state index in [1.165, 1.54) is 18.4 Å². The van der Waals surface area contributed by atoms with Crippen molar-refractivity contribution in [3.05, 3.63) is 59.7 Å². The molecule has 1 N–H and O–H groups in total. The van der Waals surface area contributed by atoms with Crippen molar-refractivity contribution in [2.75, 3.05) is 33.4 Å². The van der Waals surface area contributed by atoms with E-state index in [-0.39, 0.29) is 18.6 Å². The monoisotopic (exact) mass is 382 g/mol. The molecule has 1 aliphatic heterocycles. The Kier molecular flexibility index (Phi) is 7.31. The van der Waals surface area contributed by atoms with Gasteiger partial charge in [-0.25, -0.2) is 0 Å². The number of likely N-dealkylation sites (tertiary alicyclic amines) is 1. The molecule has 3 rings (SSSR count). The highest BCUT2D eigenvalue weighted by molar-refractivity contribution is 5.77.